The molecule has 3 aromatic carbocycles. The maximum atomic E-state index is 13.6. The number of benzene rings is 3. The third-order valence-electron chi connectivity index (χ3n) is 4.90. The van der Waals surface area contributed by atoms with E-state index in [9.17, 15) is 4.79 Å². The molecule has 6 nitrogen and oxygen atoms in total. The zero-order valence-corrected chi connectivity index (χ0v) is 18.8. The molecule has 1 aromatic heterocycles. The Balaban J connectivity index is 1.77. The molecule has 0 fully saturated rings. The standard InChI is InChI=1S/C25H22ClN5O/c1-17-10-12-22(13-11-17)31-25(27-28-29-31)23(16-30(2)3)24(32)20-8-4-6-18(14-20)19-7-5-9-21(26)15-19/h4-16H,1-3H3. The van der Waals surface area contributed by atoms with Crippen LogP contribution in [0.25, 0.3) is 22.4 Å². The first-order valence-electron chi connectivity index (χ1n) is 10.1. The van der Waals surface area contributed by atoms with Gasteiger partial charge < -0.3 is 4.90 Å². The summed E-state index contributed by atoms with van der Waals surface area (Å²) in [6, 6.07) is 22.8. The highest BCUT2D eigenvalue weighted by Gasteiger charge is 2.22. The second-order valence-corrected chi connectivity index (χ2v) is 8.11. The fourth-order valence-corrected chi connectivity index (χ4v) is 3.54. The van der Waals surface area contributed by atoms with Crippen LogP contribution in [0.2, 0.25) is 5.02 Å². The number of hydrogen-bond acceptors (Lipinski definition) is 5. The van der Waals surface area contributed by atoms with E-state index < -0.39 is 0 Å². The van der Waals surface area contributed by atoms with Crippen molar-refractivity contribution < 1.29 is 4.79 Å². The number of aryl methyl sites for hydroxylation is 1. The summed E-state index contributed by atoms with van der Waals surface area (Å²) >= 11 is 6.15. The van der Waals surface area contributed by atoms with Crippen molar-refractivity contribution in [3.8, 4) is 16.8 Å². The minimum absolute atomic E-state index is 0.175. The molecule has 4 aromatic rings. The molecule has 7 heteroatoms. The van der Waals surface area contributed by atoms with Crippen molar-refractivity contribution in [1.29, 1.82) is 0 Å². The Hall–Kier alpha value is -3.77. The largest absolute Gasteiger partial charge is 0.383 e. The average molecular weight is 444 g/mol. The monoisotopic (exact) mass is 443 g/mol. The Morgan fingerprint density at radius 3 is 2.34 bits per heavy atom. The summed E-state index contributed by atoms with van der Waals surface area (Å²) in [6.07, 6.45) is 1.74. The summed E-state index contributed by atoms with van der Waals surface area (Å²) in [5.41, 5.74) is 4.68. The molecule has 0 atom stereocenters. The fourth-order valence-electron chi connectivity index (χ4n) is 3.35. The highest BCUT2D eigenvalue weighted by molar-refractivity contribution is 6.31. The number of halogens is 1. The predicted molar refractivity (Wildman–Crippen MR) is 127 cm³/mol. The molecular weight excluding hydrogens is 422 g/mol. The SMILES string of the molecule is Cc1ccc(-n2nnnc2C(=CN(C)C)C(=O)c2cccc(-c3cccc(Cl)c3)c2)cc1. The lowest BCUT2D eigenvalue weighted by molar-refractivity contribution is 0.105. The number of allylic oxidation sites excluding steroid dienone is 1. The highest BCUT2D eigenvalue weighted by atomic mass is 35.5. The third kappa shape index (κ3) is 4.60. The number of carbonyl (C=O) groups excluding carboxylic acids is 1. The maximum absolute atomic E-state index is 13.6. The molecule has 0 aliphatic heterocycles. The maximum Gasteiger partial charge on any atom is 0.198 e. The molecule has 0 saturated carbocycles. The van der Waals surface area contributed by atoms with Crippen molar-refractivity contribution in [2.45, 2.75) is 6.92 Å². The molecule has 4 rings (SSSR count). The van der Waals surface area contributed by atoms with Gasteiger partial charge in [-0.3, -0.25) is 4.79 Å². The van der Waals surface area contributed by atoms with Crippen LogP contribution < -0.4 is 0 Å². The van der Waals surface area contributed by atoms with Gasteiger partial charge in [-0.25, -0.2) is 0 Å². The first-order chi connectivity index (χ1) is 15.4. The average Bonchev–Trinajstić information content (AvgIpc) is 3.27. The van der Waals surface area contributed by atoms with Gasteiger partial charge in [-0.1, -0.05) is 59.6 Å². The minimum atomic E-state index is -0.175. The molecule has 0 N–H and O–H groups in total. The number of carbonyl (C=O) groups is 1. The molecule has 0 aliphatic carbocycles. The van der Waals surface area contributed by atoms with Gasteiger partial charge in [-0.2, -0.15) is 4.68 Å². The van der Waals surface area contributed by atoms with Crippen molar-refractivity contribution in [3.63, 3.8) is 0 Å². The van der Waals surface area contributed by atoms with Crippen LogP contribution in [0.4, 0.5) is 0 Å². The lowest BCUT2D eigenvalue weighted by Crippen LogP contribution is -2.13. The number of aromatic nitrogens is 4. The van der Waals surface area contributed by atoms with E-state index in [1.807, 2.05) is 92.6 Å². The first-order valence-corrected chi connectivity index (χ1v) is 10.4. The molecule has 0 spiro atoms. The van der Waals surface area contributed by atoms with E-state index in [2.05, 4.69) is 15.5 Å². The van der Waals surface area contributed by atoms with Crippen molar-refractivity contribution in [3.05, 3.63) is 101 Å². The van der Waals surface area contributed by atoms with Crippen LogP contribution in [0, 0.1) is 6.92 Å². The highest BCUT2D eigenvalue weighted by Crippen LogP contribution is 2.26. The summed E-state index contributed by atoms with van der Waals surface area (Å²) in [5, 5.41) is 12.8. The van der Waals surface area contributed by atoms with Gasteiger partial charge in [-0.15, -0.1) is 5.10 Å². The van der Waals surface area contributed by atoms with Gasteiger partial charge in [0.2, 0.25) is 0 Å². The number of rotatable bonds is 6. The van der Waals surface area contributed by atoms with Crippen LogP contribution in [-0.4, -0.2) is 45.0 Å². The van der Waals surface area contributed by atoms with E-state index in [0.29, 0.717) is 22.0 Å². The summed E-state index contributed by atoms with van der Waals surface area (Å²) < 4.78 is 1.58. The minimum Gasteiger partial charge on any atom is -0.383 e. The van der Waals surface area contributed by atoms with Gasteiger partial charge in [0.1, 0.15) is 0 Å². The van der Waals surface area contributed by atoms with Crippen molar-refractivity contribution in [1.82, 2.24) is 25.1 Å². The van der Waals surface area contributed by atoms with E-state index in [1.165, 1.54) is 0 Å². The molecule has 0 radical (unpaired) electrons. The number of Topliss-reactive ketones (excluding diaryl/α,β-unsaturated/α-hetero) is 1. The molecular formula is C25H22ClN5O. The summed E-state index contributed by atoms with van der Waals surface area (Å²) in [6.45, 7) is 2.01. The smallest absolute Gasteiger partial charge is 0.198 e. The van der Waals surface area contributed by atoms with E-state index >= 15 is 0 Å². The molecule has 0 saturated heterocycles. The van der Waals surface area contributed by atoms with Gasteiger partial charge in [0.15, 0.2) is 11.6 Å². The number of ketones is 1. The second-order valence-electron chi connectivity index (χ2n) is 7.68. The van der Waals surface area contributed by atoms with Crippen LogP contribution in [0.1, 0.15) is 21.7 Å². The van der Waals surface area contributed by atoms with Gasteiger partial charge >= 0.3 is 0 Å². The molecule has 0 bridgehead atoms. The number of tetrazole rings is 1. The Morgan fingerprint density at radius 1 is 0.969 bits per heavy atom. The van der Waals surface area contributed by atoms with Gasteiger partial charge in [0.25, 0.3) is 0 Å². The van der Waals surface area contributed by atoms with Crippen LogP contribution in [0.15, 0.2) is 79.0 Å². The Morgan fingerprint density at radius 2 is 1.66 bits per heavy atom. The summed E-state index contributed by atoms with van der Waals surface area (Å²) in [5.74, 6) is 0.200. The lowest BCUT2D eigenvalue weighted by atomic mass is 9.98. The molecule has 1 heterocycles. The van der Waals surface area contributed by atoms with E-state index in [1.54, 1.807) is 16.9 Å². The normalized spacial score (nSPS) is 11.4. The number of nitrogens with zero attached hydrogens (tertiary/aromatic N) is 5. The molecule has 32 heavy (non-hydrogen) atoms. The Labute approximate surface area is 191 Å². The Kier molecular flexibility index (Phi) is 6.14. The van der Waals surface area contributed by atoms with E-state index in [0.717, 1.165) is 22.4 Å². The molecule has 0 amide bonds. The molecule has 160 valence electrons. The lowest BCUT2D eigenvalue weighted by Gasteiger charge is -2.13. The molecule has 0 aliphatic rings. The van der Waals surface area contributed by atoms with Crippen LogP contribution in [0.5, 0.6) is 0 Å². The van der Waals surface area contributed by atoms with Crippen molar-refractivity contribution >= 4 is 23.0 Å². The van der Waals surface area contributed by atoms with Gasteiger partial charge in [-0.05, 0) is 58.8 Å². The fraction of sp³-hybridized carbons (Fsp3) is 0.120. The molecule has 0 unspecified atom stereocenters. The zero-order valence-electron chi connectivity index (χ0n) is 18.0. The quantitative estimate of drug-likeness (QED) is 0.307. The van der Waals surface area contributed by atoms with Crippen LogP contribution in [0.3, 0.4) is 0 Å². The number of hydrogen-bond donors (Lipinski definition) is 0. The van der Waals surface area contributed by atoms with Crippen LogP contribution >= 0.6 is 11.6 Å². The van der Waals surface area contributed by atoms with Crippen molar-refractivity contribution in [2.24, 2.45) is 0 Å². The predicted octanol–water partition coefficient (Wildman–Crippen LogP) is 5.08. The topological polar surface area (TPSA) is 63.9 Å². The second kappa shape index (κ2) is 9.16. The third-order valence-corrected chi connectivity index (χ3v) is 5.14. The van der Waals surface area contributed by atoms with E-state index in [-0.39, 0.29) is 5.78 Å². The van der Waals surface area contributed by atoms with Gasteiger partial charge in [0, 0.05) is 30.9 Å². The van der Waals surface area contributed by atoms with E-state index in [4.69, 9.17) is 11.6 Å². The Bertz CT molecular complexity index is 1290. The first kappa shape index (κ1) is 21.5. The van der Waals surface area contributed by atoms with Crippen LogP contribution in [-0.2, 0) is 0 Å². The summed E-state index contributed by atoms with van der Waals surface area (Å²) in [7, 11) is 3.71. The van der Waals surface area contributed by atoms with Gasteiger partial charge in [0.05, 0.1) is 11.3 Å². The van der Waals surface area contributed by atoms with Crippen molar-refractivity contribution in [2.75, 3.05) is 14.1 Å². The zero-order chi connectivity index (χ0) is 22.7. The summed E-state index contributed by atoms with van der Waals surface area (Å²) in [4.78, 5) is 15.4.